The van der Waals surface area contributed by atoms with Crippen LogP contribution in [0, 0.1) is 5.92 Å². The first-order valence-electron chi connectivity index (χ1n) is 7.19. The molecule has 2 fully saturated rings. The first kappa shape index (κ1) is 14.5. The second-order valence-corrected chi connectivity index (χ2v) is 6.92. The number of carbonyl (C=O) groups is 2. The Morgan fingerprint density at radius 3 is 3.09 bits per heavy atom. The number of nitrogens with one attached hydrogen (secondary N) is 2. The lowest BCUT2D eigenvalue weighted by atomic mass is 9.79. The second-order valence-electron chi connectivity index (χ2n) is 5.61. The van der Waals surface area contributed by atoms with E-state index >= 15 is 0 Å². The Bertz CT molecular complexity index is 692. The third kappa shape index (κ3) is 2.10. The summed E-state index contributed by atoms with van der Waals surface area (Å²) in [5.41, 5.74) is 0.824. The number of tetrazole rings is 1. The Labute approximate surface area is 134 Å². The lowest BCUT2D eigenvalue weighted by molar-refractivity contribution is -0.152. The van der Waals surface area contributed by atoms with Gasteiger partial charge in [-0.05, 0) is 25.1 Å². The Kier molecular flexibility index (Phi) is 3.27. The normalized spacial score (nSPS) is 30.0. The molecule has 3 aliphatic rings. The minimum atomic E-state index is -1.42. The molecule has 0 aliphatic carbocycles. The maximum absolute atomic E-state index is 12.2. The topological polar surface area (TPSA) is 133 Å². The van der Waals surface area contributed by atoms with E-state index in [-0.39, 0.29) is 35.0 Å². The SMILES string of the molecule is CC(Sc1nn[nH]n1)C1=C(OC(=O)O)N2C(=O)[C@H]3NCCC1[C@H]32. The van der Waals surface area contributed by atoms with Crippen molar-refractivity contribution in [3.05, 3.63) is 11.5 Å². The van der Waals surface area contributed by atoms with Gasteiger partial charge in [0.05, 0.1) is 6.04 Å². The molecule has 3 N–H and O–H groups in total. The van der Waals surface area contributed by atoms with Gasteiger partial charge in [-0.1, -0.05) is 11.8 Å². The molecular formula is C12H14N6O4S. The summed E-state index contributed by atoms with van der Waals surface area (Å²) in [6.45, 7) is 2.64. The van der Waals surface area contributed by atoms with Gasteiger partial charge in [0.1, 0.15) is 6.04 Å². The van der Waals surface area contributed by atoms with Crippen LogP contribution in [0.1, 0.15) is 13.3 Å². The van der Waals surface area contributed by atoms with Crippen molar-refractivity contribution in [1.29, 1.82) is 0 Å². The van der Waals surface area contributed by atoms with Gasteiger partial charge in [0, 0.05) is 16.7 Å². The van der Waals surface area contributed by atoms with Crippen LogP contribution in [0.2, 0.25) is 0 Å². The van der Waals surface area contributed by atoms with Crippen LogP contribution in [0.15, 0.2) is 16.6 Å². The van der Waals surface area contributed by atoms with Crippen molar-refractivity contribution in [3.8, 4) is 0 Å². The molecule has 1 aromatic heterocycles. The van der Waals surface area contributed by atoms with Gasteiger partial charge >= 0.3 is 6.16 Å². The van der Waals surface area contributed by atoms with Crippen LogP contribution in [0.25, 0.3) is 0 Å². The quantitative estimate of drug-likeness (QED) is 0.387. The zero-order valence-electron chi connectivity index (χ0n) is 12.1. The van der Waals surface area contributed by atoms with Crippen molar-refractivity contribution in [2.75, 3.05) is 6.54 Å². The average Bonchev–Trinajstić information content (AvgIpc) is 3.09. The van der Waals surface area contributed by atoms with Crippen LogP contribution in [0.4, 0.5) is 4.79 Å². The third-order valence-electron chi connectivity index (χ3n) is 4.47. The number of aromatic amines is 1. The van der Waals surface area contributed by atoms with Crippen LogP contribution in [-0.2, 0) is 9.53 Å². The Morgan fingerprint density at radius 2 is 2.39 bits per heavy atom. The minimum Gasteiger partial charge on any atom is -0.449 e. The number of H-pyrrole nitrogens is 1. The Hall–Kier alpha value is -2.14. The summed E-state index contributed by atoms with van der Waals surface area (Å²) in [5, 5.41) is 26.2. The van der Waals surface area contributed by atoms with Crippen LogP contribution in [0.3, 0.4) is 0 Å². The number of rotatable bonds is 4. The van der Waals surface area contributed by atoms with Crippen LogP contribution >= 0.6 is 11.8 Å². The van der Waals surface area contributed by atoms with Gasteiger partial charge in [-0.15, -0.1) is 10.2 Å². The number of thioether (sulfide) groups is 1. The molecular weight excluding hydrogens is 324 g/mol. The molecule has 1 amide bonds. The standard InChI is InChI=1S/C12H14N6O4S/c1-4(23-11-14-16-17-15-11)6-5-2-3-13-7-8(5)18(9(7)19)10(6)22-12(20)21/h4-5,7-8,13H,2-3H2,1H3,(H,20,21)(H,14,15,16,17)/t4?,5?,7-,8+/m0/s1. The maximum Gasteiger partial charge on any atom is 0.512 e. The van der Waals surface area contributed by atoms with Gasteiger partial charge in [-0.2, -0.15) is 5.21 Å². The summed E-state index contributed by atoms with van der Waals surface area (Å²) in [7, 11) is 0. The van der Waals surface area contributed by atoms with E-state index < -0.39 is 6.16 Å². The molecule has 11 heteroatoms. The number of ether oxygens (including phenoxy) is 1. The summed E-state index contributed by atoms with van der Waals surface area (Å²) in [4.78, 5) is 24.8. The summed E-state index contributed by atoms with van der Waals surface area (Å²) >= 11 is 1.35. The van der Waals surface area contributed by atoms with Gasteiger partial charge in [0.2, 0.25) is 16.9 Å². The number of piperidine rings is 1. The molecule has 2 saturated heterocycles. The number of amides is 1. The molecule has 3 aliphatic heterocycles. The van der Waals surface area contributed by atoms with E-state index in [2.05, 4.69) is 25.9 Å². The summed E-state index contributed by atoms with van der Waals surface area (Å²) in [6.07, 6.45) is -0.596. The number of β-lactam (4-membered cyclic amide) rings is 1. The molecule has 1 aromatic rings. The zero-order valence-corrected chi connectivity index (χ0v) is 12.9. The first-order chi connectivity index (χ1) is 11.1. The number of nitrogens with zero attached hydrogens (tertiary/aromatic N) is 4. The van der Waals surface area contributed by atoms with E-state index in [0.29, 0.717) is 5.16 Å². The molecule has 0 radical (unpaired) electrons. The molecule has 4 rings (SSSR count). The van der Waals surface area contributed by atoms with Crippen molar-refractivity contribution in [2.45, 2.75) is 35.8 Å². The highest BCUT2D eigenvalue weighted by molar-refractivity contribution is 7.99. The van der Waals surface area contributed by atoms with E-state index in [4.69, 9.17) is 9.84 Å². The van der Waals surface area contributed by atoms with Gasteiger partial charge in [0.15, 0.2) is 0 Å². The molecule has 0 spiro atoms. The van der Waals surface area contributed by atoms with E-state index in [0.717, 1.165) is 18.5 Å². The fraction of sp³-hybridized carbons (Fsp3) is 0.583. The molecule has 0 saturated carbocycles. The molecule has 4 heterocycles. The number of carbonyl (C=O) groups excluding carboxylic acids is 1. The van der Waals surface area contributed by atoms with Crippen molar-refractivity contribution in [2.24, 2.45) is 5.92 Å². The van der Waals surface area contributed by atoms with Crippen molar-refractivity contribution in [1.82, 2.24) is 30.8 Å². The van der Waals surface area contributed by atoms with Gasteiger partial charge in [-0.3, -0.25) is 9.69 Å². The fourth-order valence-corrected chi connectivity index (χ4v) is 4.56. The predicted octanol–water partition coefficient (Wildman–Crippen LogP) is -0.211. The van der Waals surface area contributed by atoms with Gasteiger partial charge < -0.3 is 15.2 Å². The lowest BCUT2D eigenvalue weighted by Gasteiger charge is -2.48. The van der Waals surface area contributed by atoms with Gasteiger partial charge in [-0.25, -0.2) is 4.79 Å². The molecule has 0 aromatic carbocycles. The summed E-state index contributed by atoms with van der Waals surface area (Å²) in [5.74, 6) is 0.103. The number of carboxylic acid groups (broad SMARTS) is 1. The molecule has 4 atom stereocenters. The van der Waals surface area contributed by atoms with E-state index in [9.17, 15) is 9.59 Å². The molecule has 122 valence electrons. The van der Waals surface area contributed by atoms with Crippen molar-refractivity contribution in [3.63, 3.8) is 0 Å². The summed E-state index contributed by atoms with van der Waals surface area (Å²) in [6, 6.07) is -0.310. The lowest BCUT2D eigenvalue weighted by Crippen LogP contribution is -2.71. The van der Waals surface area contributed by atoms with Crippen LogP contribution in [-0.4, -0.2) is 66.6 Å². The summed E-state index contributed by atoms with van der Waals surface area (Å²) < 4.78 is 4.97. The largest absolute Gasteiger partial charge is 0.512 e. The Balaban J connectivity index is 1.69. The monoisotopic (exact) mass is 338 g/mol. The molecule has 23 heavy (non-hydrogen) atoms. The molecule has 10 nitrogen and oxygen atoms in total. The third-order valence-corrected chi connectivity index (χ3v) is 5.46. The van der Waals surface area contributed by atoms with Crippen molar-refractivity contribution >= 4 is 23.8 Å². The van der Waals surface area contributed by atoms with Crippen molar-refractivity contribution < 1.29 is 19.4 Å². The zero-order chi connectivity index (χ0) is 16.1. The van der Waals surface area contributed by atoms with Gasteiger partial charge in [0.25, 0.3) is 0 Å². The number of hydrogen-bond donors (Lipinski definition) is 3. The minimum absolute atomic E-state index is 0.0612. The first-order valence-corrected chi connectivity index (χ1v) is 8.07. The number of aromatic nitrogens is 4. The van der Waals surface area contributed by atoms with Crippen LogP contribution < -0.4 is 5.32 Å². The predicted molar refractivity (Wildman–Crippen MR) is 76.2 cm³/mol. The van der Waals surface area contributed by atoms with E-state index in [1.165, 1.54) is 16.7 Å². The fourth-order valence-electron chi connectivity index (χ4n) is 3.66. The molecule has 0 bridgehead atoms. The van der Waals surface area contributed by atoms with E-state index in [1.807, 2.05) is 6.92 Å². The maximum atomic E-state index is 12.2. The Morgan fingerprint density at radius 1 is 1.57 bits per heavy atom. The smallest absolute Gasteiger partial charge is 0.449 e. The highest BCUT2D eigenvalue weighted by atomic mass is 32.2. The molecule has 2 unspecified atom stereocenters. The van der Waals surface area contributed by atoms with Crippen LogP contribution in [0.5, 0.6) is 0 Å². The highest BCUT2D eigenvalue weighted by Crippen LogP contribution is 2.49. The highest BCUT2D eigenvalue weighted by Gasteiger charge is 2.61. The van der Waals surface area contributed by atoms with E-state index in [1.54, 1.807) is 0 Å². The second kappa shape index (κ2) is 5.20. The average molecular weight is 338 g/mol. The number of hydrogen-bond acceptors (Lipinski definition) is 8.